The molecule has 0 spiro atoms. The number of carbonyl (C=O) groups is 1. The zero-order valence-corrected chi connectivity index (χ0v) is 9.37. The number of hydrogen-bond donors (Lipinski definition) is 1. The number of rotatable bonds is 0. The van der Waals surface area contributed by atoms with Gasteiger partial charge in [0, 0.05) is 15.7 Å². The highest BCUT2D eigenvalue weighted by atomic mass is 79.9. The van der Waals surface area contributed by atoms with Gasteiger partial charge in [0.15, 0.2) is 0 Å². The van der Waals surface area contributed by atoms with Crippen LogP contribution in [0, 0.1) is 0 Å². The molecule has 0 unspecified atom stereocenters. The Morgan fingerprint density at radius 1 is 1.38 bits per heavy atom. The Labute approximate surface area is 93.3 Å². The Morgan fingerprint density at radius 3 is 2.77 bits per heavy atom. The molecule has 1 aliphatic rings. The summed E-state index contributed by atoms with van der Waals surface area (Å²) in [4.78, 5) is 11.3. The summed E-state index contributed by atoms with van der Waals surface area (Å²) in [7, 11) is 0. The number of benzene rings is 1. The van der Waals surface area contributed by atoms with Crippen LogP contribution in [0.15, 0.2) is 22.7 Å². The van der Waals surface area contributed by atoms with Crippen molar-refractivity contribution in [3.05, 3.63) is 28.2 Å². The number of fused-ring (bicyclic) bond motifs is 1. The fourth-order valence-corrected chi connectivity index (χ4v) is 1.98. The van der Waals surface area contributed by atoms with Crippen molar-refractivity contribution < 1.29 is 4.79 Å². The first-order valence-corrected chi connectivity index (χ1v) is 5.06. The molecule has 0 aliphatic carbocycles. The second-order valence-corrected chi connectivity index (χ2v) is 4.96. The van der Waals surface area contributed by atoms with Gasteiger partial charge in [0.2, 0.25) is 4.33 Å². The molecule has 1 heterocycles. The van der Waals surface area contributed by atoms with E-state index in [0.29, 0.717) is 11.3 Å². The molecule has 0 fully saturated rings. The van der Waals surface area contributed by atoms with Crippen LogP contribution in [-0.4, -0.2) is 5.91 Å². The van der Waals surface area contributed by atoms with E-state index in [1.807, 2.05) is 6.07 Å². The van der Waals surface area contributed by atoms with Gasteiger partial charge in [0.05, 0.1) is 0 Å². The highest BCUT2D eigenvalue weighted by Gasteiger charge is 2.43. The van der Waals surface area contributed by atoms with Crippen LogP contribution in [-0.2, 0) is 9.13 Å². The van der Waals surface area contributed by atoms with Crippen molar-refractivity contribution in [3.63, 3.8) is 0 Å². The third-order valence-corrected chi connectivity index (χ3v) is 3.10. The Morgan fingerprint density at radius 2 is 2.08 bits per heavy atom. The van der Waals surface area contributed by atoms with Crippen molar-refractivity contribution in [3.8, 4) is 0 Å². The van der Waals surface area contributed by atoms with Gasteiger partial charge in [0.1, 0.15) is 0 Å². The number of carbonyl (C=O) groups excluding carboxylic acids is 1. The van der Waals surface area contributed by atoms with Crippen LogP contribution < -0.4 is 5.32 Å². The molecule has 1 aromatic rings. The summed E-state index contributed by atoms with van der Waals surface area (Å²) < 4.78 is -0.618. The average molecular weight is 281 g/mol. The second kappa shape index (κ2) is 2.87. The molecule has 0 saturated carbocycles. The lowest BCUT2D eigenvalue weighted by atomic mass is 10.1. The topological polar surface area (TPSA) is 29.1 Å². The van der Waals surface area contributed by atoms with Crippen LogP contribution >= 0.6 is 39.1 Å². The van der Waals surface area contributed by atoms with E-state index in [1.54, 1.807) is 12.1 Å². The molecule has 5 heteroatoms. The summed E-state index contributed by atoms with van der Waals surface area (Å²) in [5, 5.41) is 2.59. The van der Waals surface area contributed by atoms with Crippen LogP contribution in [0.3, 0.4) is 0 Å². The van der Waals surface area contributed by atoms with Crippen molar-refractivity contribution >= 4 is 50.7 Å². The Balaban J connectivity index is 2.64. The van der Waals surface area contributed by atoms with Gasteiger partial charge < -0.3 is 5.32 Å². The molecule has 13 heavy (non-hydrogen) atoms. The van der Waals surface area contributed by atoms with Crippen molar-refractivity contribution in [2.24, 2.45) is 0 Å². The summed E-state index contributed by atoms with van der Waals surface area (Å²) >= 11 is 15.0. The predicted molar refractivity (Wildman–Crippen MR) is 56.2 cm³/mol. The normalized spacial score (nSPS) is 18.2. The first-order valence-electron chi connectivity index (χ1n) is 3.51. The molecular weight excluding hydrogens is 277 g/mol. The van der Waals surface area contributed by atoms with Gasteiger partial charge in [-0.3, -0.25) is 4.79 Å². The van der Waals surface area contributed by atoms with E-state index >= 15 is 0 Å². The second-order valence-electron chi connectivity index (χ2n) is 2.72. The van der Waals surface area contributed by atoms with E-state index in [9.17, 15) is 4.79 Å². The molecule has 2 rings (SSSR count). The third kappa shape index (κ3) is 1.35. The van der Waals surface area contributed by atoms with E-state index < -0.39 is 10.2 Å². The van der Waals surface area contributed by atoms with Crippen LogP contribution in [0.4, 0.5) is 5.69 Å². The molecule has 0 atom stereocenters. The standard InChI is InChI=1S/C8H4BrCl2NO/c9-4-1-2-6-5(3-4)8(10,11)7(13)12-6/h1-3H,(H,12,13). The third-order valence-electron chi connectivity index (χ3n) is 1.85. The van der Waals surface area contributed by atoms with Crippen LogP contribution in [0.5, 0.6) is 0 Å². The average Bonchev–Trinajstić information content (AvgIpc) is 2.27. The van der Waals surface area contributed by atoms with Crippen LogP contribution in [0.25, 0.3) is 0 Å². The van der Waals surface area contributed by atoms with Crippen LogP contribution in [0.1, 0.15) is 5.56 Å². The molecule has 0 saturated heterocycles. The molecule has 0 bridgehead atoms. The quantitative estimate of drug-likeness (QED) is 0.727. The number of amides is 1. The lowest BCUT2D eigenvalue weighted by Gasteiger charge is -2.08. The van der Waals surface area contributed by atoms with Gasteiger partial charge in [-0.1, -0.05) is 39.1 Å². The van der Waals surface area contributed by atoms with Crippen LogP contribution in [0.2, 0.25) is 0 Å². The number of halogens is 3. The highest BCUT2D eigenvalue weighted by Crippen LogP contribution is 2.45. The molecular formula is C8H4BrCl2NO. The molecule has 1 amide bonds. The van der Waals surface area contributed by atoms with E-state index in [2.05, 4.69) is 21.2 Å². The minimum Gasteiger partial charge on any atom is -0.323 e. The molecule has 1 aromatic carbocycles. The van der Waals surface area contributed by atoms with Gasteiger partial charge in [-0.25, -0.2) is 0 Å². The summed E-state index contributed by atoms with van der Waals surface area (Å²) in [5.74, 6) is -0.399. The monoisotopic (exact) mass is 279 g/mol. The minimum absolute atomic E-state index is 0.399. The zero-order valence-electron chi connectivity index (χ0n) is 6.27. The maximum atomic E-state index is 11.3. The lowest BCUT2D eigenvalue weighted by molar-refractivity contribution is -0.116. The van der Waals surface area contributed by atoms with E-state index in [4.69, 9.17) is 23.2 Å². The van der Waals surface area contributed by atoms with Gasteiger partial charge in [-0.05, 0) is 18.2 Å². The zero-order chi connectivity index (χ0) is 9.64. The van der Waals surface area contributed by atoms with Crippen molar-refractivity contribution in [1.29, 1.82) is 0 Å². The van der Waals surface area contributed by atoms with Gasteiger partial charge in [0.25, 0.3) is 5.91 Å². The molecule has 1 N–H and O–H groups in total. The molecule has 0 radical (unpaired) electrons. The molecule has 2 nitrogen and oxygen atoms in total. The molecule has 68 valence electrons. The maximum Gasteiger partial charge on any atom is 0.265 e. The Hall–Kier alpha value is -0.250. The van der Waals surface area contributed by atoms with Gasteiger partial charge in [-0.2, -0.15) is 0 Å². The number of alkyl halides is 2. The summed E-state index contributed by atoms with van der Waals surface area (Å²) in [6.07, 6.45) is 0. The SMILES string of the molecule is O=C1Nc2ccc(Br)cc2C1(Cl)Cl. The fourth-order valence-electron chi connectivity index (χ4n) is 1.21. The number of anilines is 1. The first kappa shape index (κ1) is 9.31. The van der Waals surface area contributed by atoms with E-state index in [1.165, 1.54) is 0 Å². The number of hydrogen-bond acceptors (Lipinski definition) is 1. The Bertz CT molecular complexity index is 392. The summed E-state index contributed by atoms with van der Waals surface area (Å²) in [5.41, 5.74) is 1.26. The first-order chi connectivity index (χ1) is 6.01. The molecule has 0 aromatic heterocycles. The number of nitrogens with one attached hydrogen (secondary N) is 1. The van der Waals surface area contributed by atoms with Gasteiger partial charge >= 0.3 is 0 Å². The Kier molecular flexibility index (Phi) is 2.06. The minimum atomic E-state index is -1.46. The summed E-state index contributed by atoms with van der Waals surface area (Å²) in [6, 6.07) is 5.30. The lowest BCUT2D eigenvalue weighted by Crippen LogP contribution is -2.21. The molecule has 1 aliphatic heterocycles. The van der Waals surface area contributed by atoms with Crippen molar-refractivity contribution in [1.82, 2.24) is 0 Å². The predicted octanol–water partition coefficient (Wildman–Crippen LogP) is 3.03. The van der Waals surface area contributed by atoms with E-state index in [0.717, 1.165) is 4.47 Å². The van der Waals surface area contributed by atoms with Crippen molar-refractivity contribution in [2.75, 3.05) is 5.32 Å². The van der Waals surface area contributed by atoms with Crippen molar-refractivity contribution in [2.45, 2.75) is 4.33 Å². The largest absolute Gasteiger partial charge is 0.323 e. The van der Waals surface area contributed by atoms with E-state index in [-0.39, 0.29) is 0 Å². The smallest absolute Gasteiger partial charge is 0.265 e. The fraction of sp³-hybridized carbons (Fsp3) is 0.125. The summed E-state index contributed by atoms with van der Waals surface area (Å²) in [6.45, 7) is 0. The highest BCUT2D eigenvalue weighted by molar-refractivity contribution is 9.10. The van der Waals surface area contributed by atoms with Gasteiger partial charge in [-0.15, -0.1) is 0 Å². The maximum absolute atomic E-state index is 11.3.